The quantitative estimate of drug-likeness (QED) is 0.861. The van der Waals surface area contributed by atoms with Crippen LogP contribution in [0.1, 0.15) is 17.8 Å². The molecule has 0 radical (unpaired) electrons. The SMILES string of the molecule is Cc1ccc(O[C@@H]2C[C@H]3CN(Cc4nccn4C)CCN3C2)cc1. The van der Waals surface area contributed by atoms with Crippen LogP contribution in [0.2, 0.25) is 0 Å². The van der Waals surface area contributed by atoms with Gasteiger partial charge in [0.2, 0.25) is 0 Å². The molecule has 128 valence electrons. The Bertz CT molecular complexity index is 681. The molecule has 0 spiro atoms. The van der Waals surface area contributed by atoms with Crippen LogP contribution >= 0.6 is 0 Å². The normalized spacial score (nSPS) is 24.9. The first-order chi connectivity index (χ1) is 11.7. The van der Waals surface area contributed by atoms with E-state index in [9.17, 15) is 0 Å². The van der Waals surface area contributed by atoms with Crippen LogP contribution in [0.15, 0.2) is 36.7 Å². The predicted octanol–water partition coefficient (Wildman–Crippen LogP) is 2.07. The van der Waals surface area contributed by atoms with Gasteiger partial charge in [-0.25, -0.2) is 4.98 Å². The molecule has 24 heavy (non-hydrogen) atoms. The largest absolute Gasteiger partial charge is 0.489 e. The van der Waals surface area contributed by atoms with Crippen molar-refractivity contribution in [1.82, 2.24) is 19.4 Å². The van der Waals surface area contributed by atoms with Crippen molar-refractivity contribution < 1.29 is 4.74 Å². The molecule has 0 aliphatic carbocycles. The molecule has 0 bridgehead atoms. The fourth-order valence-corrected chi connectivity index (χ4v) is 3.85. The summed E-state index contributed by atoms with van der Waals surface area (Å²) in [6.45, 7) is 7.45. The van der Waals surface area contributed by atoms with Crippen molar-refractivity contribution >= 4 is 0 Å². The van der Waals surface area contributed by atoms with Gasteiger partial charge in [-0.05, 0) is 19.1 Å². The van der Waals surface area contributed by atoms with Crippen LogP contribution in [0.5, 0.6) is 5.75 Å². The number of aromatic nitrogens is 2. The zero-order chi connectivity index (χ0) is 16.5. The monoisotopic (exact) mass is 326 g/mol. The summed E-state index contributed by atoms with van der Waals surface area (Å²) in [6, 6.07) is 9.01. The smallest absolute Gasteiger partial charge is 0.122 e. The Morgan fingerprint density at radius 3 is 2.75 bits per heavy atom. The Labute approximate surface area is 143 Å². The lowest BCUT2D eigenvalue weighted by molar-refractivity contribution is 0.0954. The van der Waals surface area contributed by atoms with Crippen LogP contribution in [0.4, 0.5) is 0 Å². The van der Waals surface area contributed by atoms with Gasteiger partial charge in [-0.1, -0.05) is 17.7 Å². The van der Waals surface area contributed by atoms with Gasteiger partial charge in [-0.2, -0.15) is 0 Å². The van der Waals surface area contributed by atoms with Crippen molar-refractivity contribution in [3.8, 4) is 5.75 Å². The molecule has 1 aromatic carbocycles. The summed E-state index contributed by atoms with van der Waals surface area (Å²) in [6.07, 6.45) is 5.33. The molecule has 0 unspecified atom stereocenters. The summed E-state index contributed by atoms with van der Waals surface area (Å²) in [4.78, 5) is 9.57. The van der Waals surface area contributed by atoms with Gasteiger partial charge in [0.25, 0.3) is 0 Å². The van der Waals surface area contributed by atoms with E-state index >= 15 is 0 Å². The zero-order valence-electron chi connectivity index (χ0n) is 14.6. The van der Waals surface area contributed by atoms with Gasteiger partial charge in [0, 0.05) is 58.1 Å². The number of rotatable bonds is 4. The van der Waals surface area contributed by atoms with Gasteiger partial charge in [-0.3, -0.25) is 9.80 Å². The highest BCUT2D eigenvalue weighted by molar-refractivity contribution is 5.26. The molecule has 0 N–H and O–H groups in total. The van der Waals surface area contributed by atoms with E-state index in [-0.39, 0.29) is 0 Å². The van der Waals surface area contributed by atoms with E-state index in [1.165, 1.54) is 5.56 Å². The minimum absolute atomic E-state index is 0.311. The number of benzene rings is 1. The minimum Gasteiger partial charge on any atom is -0.489 e. The van der Waals surface area contributed by atoms with E-state index in [0.29, 0.717) is 12.1 Å². The summed E-state index contributed by atoms with van der Waals surface area (Å²) in [5.74, 6) is 2.14. The summed E-state index contributed by atoms with van der Waals surface area (Å²) >= 11 is 0. The molecule has 2 aliphatic rings. The van der Waals surface area contributed by atoms with E-state index in [4.69, 9.17) is 4.74 Å². The number of aryl methyl sites for hydroxylation is 2. The van der Waals surface area contributed by atoms with Crippen LogP contribution in [-0.4, -0.2) is 57.7 Å². The van der Waals surface area contributed by atoms with Crippen molar-refractivity contribution in [2.45, 2.75) is 32.0 Å². The second-order valence-corrected chi connectivity index (χ2v) is 7.13. The topological polar surface area (TPSA) is 33.5 Å². The fourth-order valence-electron chi connectivity index (χ4n) is 3.85. The number of imidazole rings is 1. The Morgan fingerprint density at radius 2 is 2.00 bits per heavy atom. The standard InChI is InChI=1S/C19H26N4O/c1-15-3-5-17(6-4-15)24-18-11-16-12-22(9-10-23(16)13-18)14-19-20-7-8-21(19)2/h3-8,16,18H,9-14H2,1-2H3/t16-,18+/m0/s1. The van der Waals surface area contributed by atoms with E-state index in [0.717, 1.165) is 50.7 Å². The van der Waals surface area contributed by atoms with Crippen molar-refractivity contribution in [3.05, 3.63) is 48.0 Å². The van der Waals surface area contributed by atoms with Crippen LogP contribution in [-0.2, 0) is 13.6 Å². The van der Waals surface area contributed by atoms with Gasteiger partial charge < -0.3 is 9.30 Å². The second-order valence-electron chi connectivity index (χ2n) is 7.13. The molecule has 2 aliphatic heterocycles. The van der Waals surface area contributed by atoms with E-state index < -0.39 is 0 Å². The highest BCUT2D eigenvalue weighted by Gasteiger charge is 2.37. The van der Waals surface area contributed by atoms with Crippen molar-refractivity contribution in [2.24, 2.45) is 7.05 Å². The number of fused-ring (bicyclic) bond motifs is 1. The van der Waals surface area contributed by atoms with Crippen molar-refractivity contribution in [2.75, 3.05) is 26.2 Å². The van der Waals surface area contributed by atoms with Crippen LogP contribution < -0.4 is 4.74 Å². The second kappa shape index (κ2) is 6.57. The molecular formula is C19H26N4O. The molecule has 1 aromatic heterocycles. The van der Waals surface area contributed by atoms with Crippen LogP contribution in [0, 0.1) is 6.92 Å². The lowest BCUT2D eigenvalue weighted by Crippen LogP contribution is -2.49. The Kier molecular flexibility index (Phi) is 4.29. The Morgan fingerprint density at radius 1 is 1.17 bits per heavy atom. The van der Waals surface area contributed by atoms with Gasteiger partial charge in [0.15, 0.2) is 0 Å². The number of piperazine rings is 1. The molecule has 2 aromatic rings. The zero-order valence-corrected chi connectivity index (χ0v) is 14.6. The molecule has 3 heterocycles. The van der Waals surface area contributed by atoms with Crippen molar-refractivity contribution in [1.29, 1.82) is 0 Å². The van der Waals surface area contributed by atoms with E-state index in [2.05, 4.69) is 57.6 Å². The summed E-state index contributed by atoms with van der Waals surface area (Å²) in [5, 5.41) is 0. The average Bonchev–Trinajstić information content (AvgIpc) is 3.15. The third-order valence-corrected chi connectivity index (χ3v) is 5.27. The maximum absolute atomic E-state index is 6.21. The van der Waals surface area contributed by atoms with Gasteiger partial charge in [-0.15, -0.1) is 0 Å². The molecule has 2 fully saturated rings. The first kappa shape index (κ1) is 15.7. The molecule has 4 rings (SSSR count). The molecule has 2 atom stereocenters. The third kappa shape index (κ3) is 3.32. The maximum Gasteiger partial charge on any atom is 0.122 e. The maximum atomic E-state index is 6.21. The summed E-state index contributed by atoms with van der Waals surface area (Å²) in [5.41, 5.74) is 1.27. The molecule has 5 heteroatoms. The number of ether oxygens (including phenoxy) is 1. The first-order valence-corrected chi connectivity index (χ1v) is 8.83. The van der Waals surface area contributed by atoms with Crippen LogP contribution in [0.3, 0.4) is 0 Å². The number of hydrogen-bond donors (Lipinski definition) is 0. The lowest BCUT2D eigenvalue weighted by Gasteiger charge is -2.36. The molecule has 5 nitrogen and oxygen atoms in total. The molecule has 0 saturated carbocycles. The van der Waals surface area contributed by atoms with Gasteiger partial charge in [0.1, 0.15) is 17.7 Å². The Hall–Kier alpha value is -1.85. The number of nitrogens with zero attached hydrogens (tertiary/aromatic N) is 4. The molecule has 2 saturated heterocycles. The first-order valence-electron chi connectivity index (χ1n) is 8.83. The minimum atomic E-state index is 0.311. The van der Waals surface area contributed by atoms with Crippen LogP contribution in [0.25, 0.3) is 0 Å². The van der Waals surface area contributed by atoms with Gasteiger partial charge in [0.05, 0.1) is 6.54 Å². The predicted molar refractivity (Wildman–Crippen MR) is 94.1 cm³/mol. The number of hydrogen-bond acceptors (Lipinski definition) is 4. The highest BCUT2D eigenvalue weighted by Crippen LogP contribution is 2.26. The van der Waals surface area contributed by atoms with Gasteiger partial charge >= 0.3 is 0 Å². The Balaban J connectivity index is 1.34. The van der Waals surface area contributed by atoms with E-state index in [1.807, 2.05) is 12.4 Å². The fraction of sp³-hybridized carbons (Fsp3) is 0.526. The van der Waals surface area contributed by atoms with Crippen molar-refractivity contribution in [3.63, 3.8) is 0 Å². The molecular weight excluding hydrogens is 300 g/mol. The third-order valence-electron chi connectivity index (χ3n) is 5.27. The average molecular weight is 326 g/mol. The highest BCUT2D eigenvalue weighted by atomic mass is 16.5. The lowest BCUT2D eigenvalue weighted by atomic mass is 10.1. The summed E-state index contributed by atoms with van der Waals surface area (Å²) in [7, 11) is 2.07. The molecule has 0 amide bonds. The summed E-state index contributed by atoms with van der Waals surface area (Å²) < 4.78 is 8.32. The van der Waals surface area contributed by atoms with E-state index in [1.54, 1.807) is 0 Å².